The van der Waals surface area contributed by atoms with Gasteiger partial charge in [0, 0.05) is 5.02 Å². The Morgan fingerprint density at radius 2 is 1.70 bits per heavy atom. The first kappa shape index (κ1) is 19.2. The van der Waals surface area contributed by atoms with E-state index in [1.54, 1.807) is 43.3 Å². The average Bonchev–Trinajstić information content (AvgIpc) is 2.87. The first-order chi connectivity index (χ1) is 12.9. The first-order valence-corrected chi connectivity index (χ1v) is 8.97. The number of hydrogen-bond acceptors (Lipinski definition) is 4. The van der Waals surface area contributed by atoms with Crippen LogP contribution in [-0.4, -0.2) is 40.8 Å². The zero-order chi connectivity index (χ0) is 19.6. The minimum Gasteiger partial charge on any atom is -0.490 e. The van der Waals surface area contributed by atoms with Gasteiger partial charge in [-0.2, -0.15) is 0 Å². The van der Waals surface area contributed by atoms with Gasteiger partial charge < -0.3 is 4.74 Å². The van der Waals surface area contributed by atoms with E-state index in [4.69, 9.17) is 27.9 Å². The van der Waals surface area contributed by atoms with E-state index in [1.807, 2.05) is 6.07 Å². The Labute approximate surface area is 166 Å². The van der Waals surface area contributed by atoms with Crippen LogP contribution in [0.25, 0.3) is 0 Å². The number of halogens is 2. The van der Waals surface area contributed by atoms with Crippen molar-refractivity contribution in [2.24, 2.45) is 0 Å². The molecule has 2 aromatic carbocycles. The number of rotatable bonds is 6. The molecule has 2 aromatic rings. The molecule has 0 aromatic heterocycles. The van der Waals surface area contributed by atoms with Gasteiger partial charge in [-0.05, 0) is 30.7 Å². The minimum absolute atomic E-state index is 0.000327. The Hall–Kier alpha value is -2.57. The topological polar surface area (TPSA) is 66.9 Å². The highest BCUT2D eigenvalue weighted by Gasteiger charge is 2.46. The molecule has 1 atom stereocenters. The molecular formula is C19H16Cl2N2O4. The van der Waals surface area contributed by atoms with Crippen molar-refractivity contribution in [2.75, 3.05) is 13.2 Å². The SMILES string of the molecule is CC(c1ccccc1)N1C(=O)C(=O)N(CCOc2ccc(Cl)cc2Cl)C1=O. The van der Waals surface area contributed by atoms with Crippen LogP contribution in [0.2, 0.25) is 10.0 Å². The van der Waals surface area contributed by atoms with Crippen LogP contribution in [0.5, 0.6) is 5.75 Å². The highest BCUT2D eigenvalue weighted by atomic mass is 35.5. The van der Waals surface area contributed by atoms with Gasteiger partial charge >= 0.3 is 17.8 Å². The Bertz CT molecular complexity index is 889. The van der Waals surface area contributed by atoms with Gasteiger partial charge in [0.15, 0.2) is 0 Å². The lowest BCUT2D eigenvalue weighted by atomic mass is 10.1. The number of ether oxygens (including phenoxy) is 1. The van der Waals surface area contributed by atoms with Crippen LogP contribution in [0.1, 0.15) is 18.5 Å². The third-order valence-electron chi connectivity index (χ3n) is 4.22. The molecule has 27 heavy (non-hydrogen) atoms. The lowest BCUT2D eigenvalue weighted by molar-refractivity contribution is -0.144. The molecule has 1 heterocycles. The number of carbonyl (C=O) groups is 3. The lowest BCUT2D eigenvalue weighted by Gasteiger charge is -2.22. The summed E-state index contributed by atoms with van der Waals surface area (Å²) in [6.45, 7) is 1.63. The van der Waals surface area contributed by atoms with Gasteiger partial charge in [0.25, 0.3) is 0 Å². The van der Waals surface area contributed by atoms with Crippen LogP contribution in [0, 0.1) is 0 Å². The largest absolute Gasteiger partial charge is 0.490 e. The Balaban J connectivity index is 1.67. The van der Waals surface area contributed by atoms with E-state index in [0.29, 0.717) is 15.8 Å². The van der Waals surface area contributed by atoms with Crippen LogP contribution < -0.4 is 4.74 Å². The van der Waals surface area contributed by atoms with E-state index in [-0.39, 0.29) is 13.2 Å². The monoisotopic (exact) mass is 406 g/mol. The maximum absolute atomic E-state index is 12.6. The summed E-state index contributed by atoms with van der Waals surface area (Å²) in [5.41, 5.74) is 0.762. The maximum Gasteiger partial charge on any atom is 0.334 e. The standard InChI is InChI=1S/C19H16Cl2N2O4/c1-12(13-5-3-2-4-6-13)23-18(25)17(24)22(19(23)26)9-10-27-16-8-7-14(20)11-15(16)21/h2-8,11-12H,9-10H2,1H3. The van der Waals surface area contributed by atoms with Crippen LogP contribution >= 0.6 is 23.2 Å². The van der Waals surface area contributed by atoms with E-state index >= 15 is 0 Å². The summed E-state index contributed by atoms with van der Waals surface area (Å²) in [6, 6.07) is 12.6. The quantitative estimate of drug-likeness (QED) is 0.538. The molecule has 0 bridgehead atoms. The number of imide groups is 2. The number of carbonyl (C=O) groups excluding carboxylic acids is 3. The van der Waals surface area contributed by atoms with Crippen LogP contribution in [0.4, 0.5) is 4.79 Å². The summed E-state index contributed by atoms with van der Waals surface area (Å²) in [6.07, 6.45) is 0. The molecule has 1 fully saturated rings. The highest BCUT2D eigenvalue weighted by molar-refractivity contribution is 6.44. The molecule has 4 amide bonds. The van der Waals surface area contributed by atoms with E-state index < -0.39 is 23.9 Å². The molecule has 1 aliphatic heterocycles. The number of nitrogens with zero attached hydrogens (tertiary/aromatic N) is 2. The van der Waals surface area contributed by atoms with E-state index in [1.165, 1.54) is 6.07 Å². The first-order valence-electron chi connectivity index (χ1n) is 8.22. The fourth-order valence-electron chi connectivity index (χ4n) is 2.78. The van der Waals surface area contributed by atoms with Crippen LogP contribution in [0.15, 0.2) is 48.5 Å². The van der Waals surface area contributed by atoms with Crippen molar-refractivity contribution in [3.63, 3.8) is 0 Å². The molecule has 140 valence electrons. The molecule has 1 aliphatic rings. The normalized spacial score (nSPS) is 15.4. The molecule has 0 radical (unpaired) electrons. The van der Waals surface area contributed by atoms with Gasteiger partial charge in [-0.15, -0.1) is 0 Å². The number of urea groups is 1. The fourth-order valence-corrected chi connectivity index (χ4v) is 3.24. The Kier molecular flexibility index (Phi) is 5.68. The van der Waals surface area contributed by atoms with Gasteiger partial charge in [-0.1, -0.05) is 53.5 Å². The number of amides is 4. The lowest BCUT2D eigenvalue weighted by Crippen LogP contribution is -2.37. The second-order valence-electron chi connectivity index (χ2n) is 5.92. The van der Waals surface area contributed by atoms with Crippen LogP contribution in [0.3, 0.4) is 0 Å². The van der Waals surface area contributed by atoms with E-state index in [9.17, 15) is 14.4 Å². The van der Waals surface area contributed by atoms with Gasteiger partial charge in [0.1, 0.15) is 12.4 Å². The van der Waals surface area contributed by atoms with Gasteiger partial charge in [-0.25, -0.2) is 9.69 Å². The summed E-state index contributed by atoms with van der Waals surface area (Å²) in [5.74, 6) is -1.34. The molecule has 8 heteroatoms. The van der Waals surface area contributed by atoms with Gasteiger partial charge in [0.05, 0.1) is 17.6 Å². The molecular weight excluding hydrogens is 391 g/mol. The maximum atomic E-state index is 12.6. The molecule has 6 nitrogen and oxygen atoms in total. The summed E-state index contributed by atoms with van der Waals surface area (Å²) in [7, 11) is 0. The molecule has 0 N–H and O–H groups in total. The summed E-state index contributed by atoms with van der Waals surface area (Å²) in [5, 5.41) is 0.783. The zero-order valence-electron chi connectivity index (χ0n) is 14.4. The predicted molar refractivity (Wildman–Crippen MR) is 101 cm³/mol. The van der Waals surface area contributed by atoms with E-state index in [2.05, 4.69) is 0 Å². The molecule has 3 rings (SSSR count). The third kappa shape index (κ3) is 3.91. The van der Waals surface area contributed by atoms with Crippen molar-refractivity contribution < 1.29 is 19.1 Å². The predicted octanol–water partition coefficient (Wildman–Crippen LogP) is 3.92. The third-order valence-corrected chi connectivity index (χ3v) is 4.75. The molecule has 0 aliphatic carbocycles. The minimum atomic E-state index is -0.867. The second kappa shape index (κ2) is 7.98. The van der Waals surface area contributed by atoms with Gasteiger partial charge in [-0.3, -0.25) is 14.5 Å². The molecule has 0 saturated carbocycles. The Morgan fingerprint density at radius 1 is 1.00 bits per heavy atom. The average molecular weight is 407 g/mol. The van der Waals surface area contributed by atoms with Crippen molar-refractivity contribution in [2.45, 2.75) is 13.0 Å². The van der Waals surface area contributed by atoms with E-state index in [0.717, 1.165) is 15.4 Å². The second-order valence-corrected chi connectivity index (χ2v) is 6.77. The smallest absolute Gasteiger partial charge is 0.334 e. The van der Waals surface area contributed by atoms with Crippen molar-refractivity contribution >= 4 is 41.0 Å². The van der Waals surface area contributed by atoms with Gasteiger partial charge in [0.2, 0.25) is 0 Å². The summed E-state index contributed by atoms with van der Waals surface area (Å²) >= 11 is 11.8. The molecule has 0 spiro atoms. The van der Waals surface area contributed by atoms with Crippen molar-refractivity contribution in [3.8, 4) is 5.75 Å². The fraction of sp³-hybridized carbons (Fsp3) is 0.211. The molecule has 1 unspecified atom stereocenters. The highest BCUT2D eigenvalue weighted by Crippen LogP contribution is 2.28. The Morgan fingerprint density at radius 3 is 2.37 bits per heavy atom. The summed E-state index contributed by atoms with van der Waals surface area (Å²) in [4.78, 5) is 39.0. The number of benzene rings is 2. The van der Waals surface area contributed by atoms with Crippen molar-refractivity contribution in [1.29, 1.82) is 0 Å². The van der Waals surface area contributed by atoms with Crippen molar-refractivity contribution in [3.05, 3.63) is 64.1 Å². The number of hydrogen-bond donors (Lipinski definition) is 0. The molecule has 1 saturated heterocycles. The van der Waals surface area contributed by atoms with Crippen molar-refractivity contribution in [1.82, 2.24) is 9.80 Å². The summed E-state index contributed by atoms with van der Waals surface area (Å²) < 4.78 is 5.50. The zero-order valence-corrected chi connectivity index (χ0v) is 15.9. The van der Waals surface area contributed by atoms with Crippen LogP contribution in [-0.2, 0) is 9.59 Å².